The molecule has 274 valence electrons. The van der Waals surface area contributed by atoms with E-state index in [2.05, 4.69) is 203 Å². The smallest absolute Gasteiger partial charge is 0.235 e. The van der Waals surface area contributed by atoms with Gasteiger partial charge in [0.1, 0.15) is 0 Å². The van der Waals surface area contributed by atoms with Crippen LogP contribution in [0.25, 0.3) is 119 Å². The van der Waals surface area contributed by atoms with E-state index in [1.54, 1.807) is 0 Å². The predicted molar refractivity (Wildman–Crippen MR) is 249 cm³/mol. The largest absolute Gasteiger partial charge is 0.309 e. The highest BCUT2D eigenvalue weighted by Crippen LogP contribution is 2.45. The molecule has 4 aromatic heterocycles. The molecule has 59 heavy (non-hydrogen) atoms. The maximum atomic E-state index is 5.61. The van der Waals surface area contributed by atoms with Gasteiger partial charge < -0.3 is 4.57 Å². The number of para-hydroxylation sites is 4. The van der Waals surface area contributed by atoms with Gasteiger partial charge >= 0.3 is 0 Å². The average Bonchev–Trinajstić information content (AvgIpc) is 3.94. The molecule has 0 radical (unpaired) electrons. The molecule has 4 heterocycles. The second-order valence-corrected chi connectivity index (χ2v) is 16.5. The highest BCUT2D eigenvalue weighted by Gasteiger charge is 2.22. The van der Waals surface area contributed by atoms with Crippen molar-refractivity contribution in [2.45, 2.75) is 0 Å². The SMILES string of the molecule is c1ccc(-c2cc(-c3nc(-n4c5ccccc5c5cc6c7ccccc7n(-c7ccccc7)c6cc54)nc4ccccc34)cc3sc4cc5ccccc5cc4c23)cc1. The van der Waals surface area contributed by atoms with Gasteiger partial charge in [-0.25, -0.2) is 9.97 Å². The Bertz CT molecular complexity index is 3840. The average molecular weight is 769 g/mol. The Balaban J connectivity index is 1.12. The Morgan fingerprint density at radius 3 is 1.75 bits per heavy atom. The van der Waals surface area contributed by atoms with Gasteiger partial charge in [0.15, 0.2) is 0 Å². The van der Waals surface area contributed by atoms with Gasteiger partial charge in [-0.3, -0.25) is 4.57 Å². The maximum absolute atomic E-state index is 5.61. The third-order valence-electron chi connectivity index (χ3n) is 12.1. The first-order chi connectivity index (χ1) is 29.2. The van der Waals surface area contributed by atoms with Crippen LogP contribution in [0.3, 0.4) is 0 Å². The summed E-state index contributed by atoms with van der Waals surface area (Å²) in [5.74, 6) is 0.649. The number of hydrogen-bond acceptors (Lipinski definition) is 3. The van der Waals surface area contributed by atoms with E-state index < -0.39 is 0 Å². The highest BCUT2D eigenvalue weighted by atomic mass is 32.1. The monoisotopic (exact) mass is 768 g/mol. The number of rotatable bonds is 4. The summed E-state index contributed by atoms with van der Waals surface area (Å²) in [5.41, 5.74) is 10.9. The second-order valence-electron chi connectivity index (χ2n) is 15.4. The van der Waals surface area contributed by atoms with Gasteiger partial charge in [-0.05, 0) is 88.6 Å². The minimum Gasteiger partial charge on any atom is -0.309 e. The first kappa shape index (κ1) is 32.5. The third-order valence-corrected chi connectivity index (χ3v) is 13.2. The topological polar surface area (TPSA) is 35.6 Å². The van der Waals surface area contributed by atoms with Gasteiger partial charge in [-0.1, -0.05) is 127 Å². The quantitative estimate of drug-likeness (QED) is 0.179. The first-order valence-electron chi connectivity index (χ1n) is 20.0. The molecule has 9 aromatic carbocycles. The van der Waals surface area contributed by atoms with Crippen molar-refractivity contribution in [2.24, 2.45) is 0 Å². The fraction of sp³-hybridized carbons (Fsp3) is 0. The Kier molecular flexibility index (Phi) is 6.85. The van der Waals surface area contributed by atoms with Crippen LogP contribution in [0.2, 0.25) is 0 Å². The van der Waals surface area contributed by atoms with Crippen LogP contribution in [-0.2, 0) is 0 Å². The highest BCUT2D eigenvalue weighted by molar-refractivity contribution is 7.26. The molecule has 0 unspecified atom stereocenters. The predicted octanol–water partition coefficient (Wildman–Crippen LogP) is 14.7. The molecule has 5 heteroatoms. The van der Waals surface area contributed by atoms with Crippen LogP contribution in [0.15, 0.2) is 194 Å². The van der Waals surface area contributed by atoms with Gasteiger partial charge in [0.05, 0.1) is 33.3 Å². The molecule has 0 bridgehead atoms. The van der Waals surface area contributed by atoms with Crippen molar-refractivity contribution in [3.63, 3.8) is 0 Å². The lowest BCUT2D eigenvalue weighted by Crippen LogP contribution is -2.03. The lowest BCUT2D eigenvalue weighted by Gasteiger charge is -2.14. The normalized spacial score (nSPS) is 12.1. The van der Waals surface area contributed by atoms with Crippen molar-refractivity contribution in [3.05, 3.63) is 194 Å². The number of thiophene rings is 1. The molecule has 0 N–H and O–H groups in total. The van der Waals surface area contributed by atoms with E-state index in [1.165, 1.54) is 69.1 Å². The van der Waals surface area contributed by atoms with Crippen molar-refractivity contribution >= 4 is 96.8 Å². The Morgan fingerprint density at radius 2 is 0.983 bits per heavy atom. The van der Waals surface area contributed by atoms with Crippen LogP contribution in [0.4, 0.5) is 0 Å². The van der Waals surface area contributed by atoms with E-state index in [1.807, 2.05) is 11.3 Å². The van der Waals surface area contributed by atoms with E-state index in [0.717, 1.165) is 44.4 Å². The fourth-order valence-corrected chi connectivity index (χ4v) is 10.7. The minimum atomic E-state index is 0.649. The number of aromatic nitrogens is 4. The zero-order chi connectivity index (χ0) is 38.6. The van der Waals surface area contributed by atoms with Crippen LogP contribution >= 0.6 is 11.3 Å². The van der Waals surface area contributed by atoms with Crippen LogP contribution in [0.5, 0.6) is 0 Å². The van der Waals surface area contributed by atoms with Gasteiger partial charge in [0, 0.05) is 58.4 Å². The minimum absolute atomic E-state index is 0.649. The maximum Gasteiger partial charge on any atom is 0.235 e. The van der Waals surface area contributed by atoms with Crippen LogP contribution in [-0.4, -0.2) is 19.1 Å². The second kappa shape index (κ2) is 12.4. The fourth-order valence-electron chi connectivity index (χ4n) is 9.46. The Labute approximate surface area is 342 Å². The zero-order valence-electron chi connectivity index (χ0n) is 31.7. The summed E-state index contributed by atoms with van der Waals surface area (Å²) >= 11 is 1.86. The molecular weight excluding hydrogens is 737 g/mol. The van der Waals surface area contributed by atoms with Gasteiger partial charge in [0.2, 0.25) is 5.95 Å². The zero-order valence-corrected chi connectivity index (χ0v) is 32.5. The summed E-state index contributed by atoms with van der Waals surface area (Å²) in [4.78, 5) is 11.0. The number of hydrogen-bond donors (Lipinski definition) is 0. The molecular formula is C54H32N4S. The molecule has 4 nitrogen and oxygen atoms in total. The van der Waals surface area contributed by atoms with E-state index in [-0.39, 0.29) is 0 Å². The number of benzene rings is 9. The molecule has 0 fully saturated rings. The summed E-state index contributed by atoms with van der Waals surface area (Å²) < 4.78 is 7.18. The van der Waals surface area contributed by atoms with E-state index in [9.17, 15) is 0 Å². The lowest BCUT2D eigenvalue weighted by molar-refractivity contribution is 1.01. The molecule has 0 atom stereocenters. The summed E-state index contributed by atoms with van der Waals surface area (Å²) in [5, 5.41) is 10.9. The van der Waals surface area contributed by atoms with Gasteiger partial charge in [0.25, 0.3) is 0 Å². The van der Waals surface area contributed by atoms with Gasteiger partial charge in [-0.15, -0.1) is 11.3 Å². The van der Waals surface area contributed by atoms with Crippen LogP contribution in [0.1, 0.15) is 0 Å². The molecule has 13 aromatic rings. The summed E-state index contributed by atoms with van der Waals surface area (Å²) in [6.07, 6.45) is 0. The third kappa shape index (κ3) is 4.83. The molecule has 0 amide bonds. The Hall–Kier alpha value is -7.60. The molecule has 0 aliphatic carbocycles. The Morgan fingerprint density at radius 1 is 0.373 bits per heavy atom. The van der Waals surface area contributed by atoms with Crippen molar-refractivity contribution in [1.82, 2.24) is 19.1 Å². The summed E-state index contributed by atoms with van der Waals surface area (Å²) in [6.45, 7) is 0. The van der Waals surface area contributed by atoms with E-state index in [4.69, 9.17) is 9.97 Å². The number of nitrogens with zero attached hydrogens (tertiary/aromatic N) is 4. The van der Waals surface area contributed by atoms with E-state index >= 15 is 0 Å². The van der Waals surface area contributed by atoms with E-state index in [0.29, 0.717) is 5.95 Å². The molecule has 0 aliphatic heterocycles. The van der Waals surface area contributed by atoms with Crippen molar-refractivity contribution in [3.8, 4) is 34.0 Å². The standard InChI is InChI=1S/C54H32N4S/c1-3-15-33(16-4-1)41-28-36(30-51-52(41)44-27-34-17-7-8-18-35(34)29-50(44)59-51)53-40-23-9-12-24-45(40)55-54(56-53)58-47-26-14-11-22-39(47)43-31-42-38-21-10-13-25-46(38)57(48(42)32-49(43)58)37-19-5-2-6-20-37/h1-32H. The molecule has 0 spiro atoms. The van der Waals surface area contributed by atoms with Crippen molar-refractivity contribution in [2.75, 3.05) is 0 Å². The van der Waals surface area contributed by atoms with Gasteiger partial charge in [-0.2, -0.15) is 0 Å². The van der Waals surface area contributed by atoms with Crippen LogP contribution in [0, 0.1) is 0 Å². The van der Waals surface area contributed by atoms with Crippen molar-refractivity contribution < 1.29 is 0 Å². The first-order valence-corrected chi connectivity index (χ1v) is 20.8. The van der Waals surface area contributed by atoms with Crippen molar-refractivity contribution in [1.29, 1.82) is 0 Å². The summed E-state index contributed by atoms with van der Waals surface area (Å²) in [6, 6.07) is 70.1. The molecule has 0 aliphatic rings. The number of fused-ring (bicyclic) bond motifs is 11. The molecule has 0 saturated carbocycles. The molecule has 13 rings (SSSR count). The molecule has 0 saturated heterocycles. The lowest BCUT2D eigenvalue weighted by atomic mass is 9.94. The summed E-state index contributed by atoms with van der Waals surface area (Å²) in [7, 11) is 0. The van der Waals surface area contributed by atoms with Crippen LogP contribution < -0.4 is 0 Å².